The second kappa shape index (κ2) is 7.94. The van der Waals surface area contributed by atoms with Gasteiger partial charge in [0.05, 0.1) is 35.9 Å². The second-order valence-electron chi connectivity index (χ2n) is 10.3. The van der Waals surface area contributed by atoms with Crippen LogP contribution in [0.15, 0.2) is 36.7 Å². The number of aromatic amines is 2. The van der Waals surface area contributed by atoms with Crippen molar-refractivity contribution in [2.45, 2.75) is 51.0 Å². The molecule has 0 radical (unpaired) electrons. The summed E-state index contributed by atoms with van der Waals surface area (Å²) >= 11 is 0. The summed E-state index contributed by atoms with van der Waals surface area (Å²) in [7, 11) is 0. The molecule has 2 atom stereocenters. The molecule has 2 aromatic heterocycles. The van der Waals surface area contributed by atoms with Crippen LogP contribution in [0.25, 0.3) is 33.6 Å². The molecule has 0 aliphatic carbocycles. The van der Waals surface area contributed by atoms with Crippen molar-refractivity contribution in [1.82, 2.24) is 30.6 Å². The maximum atomic E-state index is 6.33. The fraction of sp³-hybridized carbons (Fsp3) is 0.357. The number of hydrogen-bond acceptors (Lipinski definition) is 6. The molecule has 2 unspecified atom stereocenters. The highest BCUT2D eigenvalue weighted by molar-refractivity contribution is 5.88. The number of ether oxygens (including phenoxy) is 2. The average Bonchev–Trinajstić information content (AvgIpc) is 3.73. The Labute approximate surface area is 208 Å². The van der Waals surface area contributed by atoms with Gasteiger partial charge in [0.15, 0.2) is 0 Å². The van der Waals surface area contributed by atoms with E-state index in [1.165, 1.54) is 12.8 Å². The third kappa shape index (κ3) is 3.21. The average molecular weight is 481 g/mol. The molecule has 4 aliphatic heterocycles. The van der Waals surface area contributed by atoms with Gasteiger partial charge >= 0.3 is 0 Å². The summed E-state index contributed by atoms with van der Waals surface area (Å²) in [6, 6.07) is 9.34. The monoisotopic (exact) mass is 480 g/mol. The fourth-order valence-electron chi connectivity index (χ4n) is 6.15. The molecule has 0 amide bonds. The Bertz CT molecular complexity index is 1310. The van der Waals surface area contributed by atoms with E-state index in [4.69, 9.17) is 9.47 Å². The van der Waals surface area contributed by atoms with Crippen molar-refractivity contribution in [3.8, 4) is 45.1 Å². The number of rotatable bonds is 4. The number of imidazole rings is 2. The zero-order valence-corrected chi connectivity index (χ0v) is 20.0. The van der Waals surface area contributed by atoms with Gasteiger partial charge in [0.1, 0.15) is 36.4 Å². The van der Waals surface area contributed by atoms with Crippen molar-refractivity contribution in [2.24, 2.45) is 0 Å². The lowest BCUT2D eigenvalue weighted by Crippen LogP contribution is -2.15. The van der Waals surface area contributed by atoms with Crippen molar-refractivity contribution >= 4 is 0 Å². The molecule has 0 spiro atoms. The smallest absolute Gasteiger partial charge is 0.128 e. The highest BCUT2D eigenvalue weighted by atomic mass is 16.5. The third-order valence-electron chi connectivity index (χ3n) is 7.98. The summed E-state index contributed by atoms with van der Waals surface area (Å²) in [5.41, 5.74) is 8.80. The molecule has 0 saturated carbocycles. The molecule has 2 saturated heterocycles. The summed E-state index contributed by atoms with van der Waals surface area (Å²) in [5, 5.41) is 7.03. The zero-order valence-electron chi connectivity index (χ0n) is 20.0. The van der Waals surface area contributed by atoms with E-state index in [0.29, 0.717) is 25.3 Å². The van der Waals surface area contributed by atoms with Gasteiger partial charge in [-0.2, -0.15) is 0 Å². The lowest BCUT2D eigenvalue weighted by molar-refractivity contribution is 0.278. The van der Waals surface area contributed by atoms with Crippen LogP contribution in [-0.2, 0) is 13.2 Å². The number of aromatic nitrogens is 4. The third-order valence-corrected chi connectivity index (χ3v) is 7.98. The quantitative estimate of drug-likeness (QED) is 0.336. The molecule has 4 aliphatic rings. The minimum atomic E-state index is 0.318. The lowest BCUT2D eigenvalue weighted by Gasteiger charge is -2.30. The molecule has 4 N–H and O–H groups in total. The Morgan fingerprint density at radius 3 is 1.61 bits per heavy atom. The fourth-order valence-corrected chi connectivity index (χ4v) is 6.15. The molecular formula is C28H28N6O2. The number of H-pyrrole nitrogens is 2. The van der Waals surface area contributed by atoms with Crippen molar-refractivity contribution in [3.63, 3.8) is 0 Å². The van der Waals surface area contributed by atoms with Gasteiger partial charge in [0.25, 0.3) is 0 Å². The minimum absolute atomic E-state index is 0.318. The first-order valence-corrected chi connectivity index (χ1v) is 13.0. The minimum Gasteiger partial charge on any atom is -0.488 e. The Balaban J connectivity index is 1.15. The molecule has 6 heterocycles. The van der Waals surface area contributed by atoms with E-state index in [2.05, 4.69) is 54.8 Å². The Morgan fingerprint density at radius 2 is 1.17 bits per heavy atom. The number of nitrogens with one attached hydrogen (secondary N) is 4. The Hall–Kier alpha value is -3.62. The molecule has 182 valence electrons. The first-order chi connectivity index (χ1) is 17.8. The Morgan fingerprint density at radius 1 is 0.667 bits per heavy atom. The molecule has 4 aromatic rings. The van der Waals surface area contributed by atoms with Gasteiger partial charge in [0.2, 0.25) is 0 Å². The molecule has 0 bridgehead atoms. The van der Waals surface area contributed by atoms with Crippen LogP contribution < -0.4 is 20.1 Å². The zero-order chi connectivity index (χ0) is 23.6. The Kier molecular flexibility index (Phi) is 4.54. The van der Waals surface area contributed by atoms with Crippen LogP contribution >= 0.6 is 0 Å². The molecule has 36 heavy (non-hydrogen) atoms. The van der Waals surface area contributed by atoms with Gasteiger partial charge in [-0.25, -0.2) is 9.97 Å². The van der Waals surface area contributed by atoms with Crippen molar-refractivity contribution in [2.75, 3.05) is 13.1 Å². The molecule has 8 heteroatoms. The van der Waals surface area contributed by atoms with Crippen LogP contribution in [0.5, 0.6) is 11.5 Å². The molecule has 8 rings (SSSR count). The number of hydrogen-bond donors (Lipinski definition) is 4. The maximum Gasteiger partial charge on any atom is 0.128 e. The standard InChI is InChI=1S/C28H28N6O2/c1-3-19(29-5-1)27-31-11-21(33-27)15-7-17-13-36-24-10-16(8-18-14-35-23(9-15)25(17)26(18)24)22-12-32-28(34-22)20-4-2-6-30-20/h7-12,19-20,29-30H,1-6,13-14H2,(H,31,33)(H,32,34). The van der Waals surface area contributed by atoms with Crippen LogP contribution in [-0.4, -0.2) is 33.0 Å². The van der Waals surface area contributed by atoms with E-state index in [9.17, 15) is 0 Å². The summed E-state index contributed by atoms with van der Waals surface area (Å²) in [6.45, 7) is 3.14. The van der Waals surface area contributed by atoms with Gasteiger partial charge in [-0.15, -0.1) is 0 Å². The summed E-state index contributed by atoms with van der Waals surface area (Å²) in [4.78, 5) is 16.4. The molecular weight excluding hydrogens is 452 g/mol. The highest BCUT2D eigenvalue weighted by Gasteiger charge is 2.30. The maximum absolute atomic E-state index is 6.33. The van der Waals surface area contributed by atoms with Crippen LogP contribution in [0.1, 0.15) is 60.5 Å². The number of nitrogens with zero attached hydrogens (tertiary/aromatic N) is 2. The van der Waals surface area contributed by atoms with Crippen molar-refractivity contribution in [1.29, 1.82) is 0 Å². The molecule has 2 fully saturated rings. The van der Waals surface area contributed by atoms with Crippen molar-refractivity contribution in [3.05, 3.63) is 59.4 Å². The number of benzene rings is 2. The summed E-state index contributed by atoms with van der Waals surface area (Å²) in [6.07, 6.45) is 8.50. The SMILES string of the molecule is c1nc(C2CCCN2)[nH]c1-c1cc2c3c(c1)OCc1cc(-c4cnc(C5CCCN5)[nH]4)cc(c1-3)OC2. The topological polar surface area (TPSA) is 99.9 Å². The second-order valence-corrected chi connectivity index (χ2v) is 10.3. The highest BCUT2D eigenvalue weighted by Crippen LogP contribution is 2.50. The van der Waals surface area contributed by atoms with Crippen molar-refractivity contribution < 1.29 is 9.47 Å². The van der Waals surface area contributed by atoms with Gasteiger partial charge in [-0.05, 0) is 63.0 Å². The van der Waals surface area contributed by atoms with E-state index in [-0.39, 0.29) is 0 Å². The van der Waals surface area contributed by atoms with Crippen LogP contribution in [0.3, 0.4) is 0 Å². The van der Waals surface area contributed by atoms with Gasteiger partial charge in [-0.1, -0.05) is 0 Å². The van der Waals surface area contributed by atoms with Gasteiger partial charge in [0, 0.05) is 33.4 Å². The van der Waals surface area contributed by atoms with Crippen LogP contribution in [0.2, 0.25) is 0 Å². The van der Waals surface area contributed by atoms with E-state index in [1.54, 1.807) is 0 Å². The van der Waals surface area contributed by atoms with E-state index in [1.807, 2.05) is 12.4 Å². The van der Waals surface area contributed by atoms with Gasteiger partial charge < -0.3 is 30.1 Å². The largest absolute Gasteiger partial charge is 0.488 e. The normalized spacial score (nSPS) is 21.8. The van der Waals surface area contributed by atoms with E-state index in [0.717, 1.165) is 93.8 Å². The van der Waals surface area contributed by atoms with Gasteiger partial charge in [-0.3, -0.25) is 0 Å². The van der Waals surface area contributed by atoms with Crippen LogP contribution in [0.4, 0.5) is 0 Å². The molecule has 2 aromatic carbocycles. The first kappa shape index (κ1) is 20.6. The predicted molar refractivity (Wildman–Crippen MR) is 136 cm³/mol. The first-order valence-electron chi connectivity index (χ1n) is 13.0. The summed E-state index contributed by atoms with van der Waals surface area (Å²) in [5.74, 6) is 3.85. The van der Waals surface area contributed by atoms with Crippen LogP contribution in [0, 0.1) is 0 Å². The lowest BCUT2D eigenvalue weighted by atomic mass is 9.87. The summed E-state index contributed by atoms with van der Waals surface area (Å²) < 4.78 is 12.7. The molecule has 8 nitrogen and oxygen atoms in total. The predicted octanol–water partition coefficient (Wildman–Crippen LogP) is 4.77. The van der Waals surface area contributed by atoms with E-state index < -0.39 is 0 Å². The van der Waals surface area contributed by atoms with E-state index >= 15 is 0 Å².